The largest absolute Gasteiger partial charge is 0.378 e. The molecule has 142 valence electrons. The van der Waals surface area contributed by atoms with Crippen LogP contribution in [0, 0.1) is 0 Å². The molecular formula is C17H25ClN6OS. The molecule has 2 aliphatic heterocycles. The minimum absolute atomic E-state index is 0.266. The second kappa shape index (κ2) is 7.90. The zero-order valence-corrected chi connectivity index (χ0v) is 16.9. The van der Waals surface area contributed by atoms with E-state index in [9.17, 15) is 0 Å². The highest BCUT2D eigenvalue weighted by molar-refractivity contribution is 7.19. The zero-order valence-electron chi connectivity index (χ0n) is 15.3. The maximum Gasteiger partial charge on any atom is 0.226 e. The number of thiazole rings is 1. The lowest BCUT2D eigenvalue weighted by molar-refractivity contribution is 0.122. The van der Waals surface area contributed by atoms with Gasteiger partial charge in [0.25, 0.3) is 0 Å². The molecular weight excluding hydrogens is 372 g/mol. The Bertz CT molecular complexity index is 755. The van der Waals surface area contributed by atoms with Crippen molar-refractivity contribution in [3.63, 3.8) is 0 Å². The van der Waals surface area contributed by atoms with Crippen molar-refractivity contribution >= 4 is 39.1 Å². The van der Waals surface area contributed by atoms with Gasteiger partial charge in [-0.3, -0.25) is 4.90 Å². The fraction of sp³-hybridized carbons (Fsp3) is 0.706. The first-order valence-electron chi connectivity index (χ1n) is 9.14. The quantitative estimate of drug-likeness (QED) is 0.733. The van der Waals surface area contributed by atoms with Crippen LogP contribution in [0.4, 0.5) is 5.82 Å². The van der Waals surface area contributed by atoms with E-state index in [4.69, 9.17) is 21.3 Å². The van der Waals surface area contributed by atoms with E-state index in [1.54, 1.807) is 11.3 Å². The molecule has 4 heterocycles. The van der Waals surface area contributed by atoms with Gasteiger partial charge in [0, 0.05) is 32.2 Å². The molecule has 9 heteroatoms. The molecule has 0 aromatic carbocycles. The van der Waals surface area contributed by atoms with Gasteiger partial charge in [-0.1, -0.05) is 0 Å². The van der Waals surface area contributed by atoms with Gasteiger partial charge in [-0.2, -0.15) is 9.97 Å². The van der Waals surface area contributed by atoms with E-state index in [-0.39, 0.29) is 5.28 Å². The molecule has 2 aromatic rings. The molecule has 0 bridgehead atoms. The lowest BCUT2D eigenvalue weighted by Gasteiger charge is -2.34. The van der Waals surface area contributed by atoms with E-state index in [2.05, 4.69) is 38.8 Å². The Labute approximate surface area is 162 Å². The summed E-state index contributed by atoms with van der Waals surface area (Å²) >= 11 is 7.86. The maximum atomic E-state index is 6.16. The zero-order chi connectivity index (χ0) is 18.1. The third-order valence-corrected chi connectivity index (χ3v) is 6.40. The van der Waals surface area contributed by atoms with Crippen LogP contribution in [-0.4, -0.2) is 84.3 Å². The highest BCUT2D eigenvalue weighted by Gasteiger charge is 2.23. The second-order valence-corrected chi connectivity index (χ2v) is 8.57. The van der Waals surface area contributed by atoms with Gasteiger partial charge in [0.2, 0.25) is 5.28 Å². The third-order valence-electron chi connectivity index (χ3n) is 5.21. The molecule has 0 unspecified atom stereocenters. The van der Waals surface area contributed by atoms with Gasteiger partial charge in [0.1, 0.15) is 9.71 Å². The number of nitrogens with zero attached hydrogens (tertiary/aromatic N) is 6. The van der Waals surface area contributed by atoms with Crippen molar-refractivity contribution in [3.8, 4) is 0 Å². The van der Waals surface area contributed by atoms with Crippen LogP contribution in [0.15, 0.2) is 0 Å². The van der Waals surface area contributed by atoms with Gasteiger partial charge >= 0.3 is 0 Å². The predicted molar refractivity (Wildman–Crippen MR) is 105 cm³/mol. The monoisotopic (exact) mass is 396 g/mol. The number of fused-ring (bicyclic) bond motifs is 1. The Kier molecular flexibility index (Phi) is 5.56. The van der Waals surface area contributed by atoms with E-state index in [0.717, 1.165) is 67.1 Å². The number of halogens is 1. The smallest absolute Gasteiger partial charge is 0.226 e. The van der Waals surface area contributed by atoms with Crippen molar-refractivity contribution in [2.24, 2.45) is 0 Å². The number of aromatic nitrogens is 3. The molecule has 0 aliphatic carbocycles. The third kappa shape index (κ3) is 3.94. The van der Waals surface area contributed by atoms with Crippen LogP contribution in [0.2, 0.25) is 5.28 Å². The summed E-state index contributed by atoms with van der Waals surface area (Å²) in [6, 6.07) is 0.694. The lowest BCUT2D eigenvalue weighted by Crippen LogP contribution is -2.41. The minimum Gasteiger partial charge on any atom is -0.378 e. The number of hydrogen-bond donors (Lipinski definition) is 0. The standard InChI is InChI=1S/C17H25ClN6OS/c1-22(2)12-3-5-23(6-4-12)11-13-19-15-14(26-13)16(21-17(18)20-15)24-7-9-25-10-8-24/h12H,3-11H2,1-2H3. The van der Waals surface area contributed by atoms with Crippen LogP contribution in [0.5, 0.6) is 0 Å². The van der Waals surface area contributed by atoms with Gasteiger partial charge in [-0.25, -0.2) is 4.98 Å². The van der Waals surface area contributed by atoms with Crippen LogP contribution in [0.25, 0.3) is 10.3 Å². The molecule has 0 N–H and O–H groups in total. The average molecular weight is 397 g/mol. The van der Waals surface area contributed by atoms with Gasteiger partial charge < -0.3 is 14.5 Å². The first kappa shape index (κ1) is 18.3. The Balaban J connectivity index is 1.52. The molecule has 4 rings (SSSR count). The van der Waals surface area contributed by atoms with Gasteiger partial charge in [0.05, 0.1) is 19.8 Å². The Morgan fingerprint density at radius 1 is 1.12 bits per heavy atom. The van der Waals surface area contributed by atoms with Crippen LogP contribution < -0.4 is 4.90 Å². The average Bonchev–Trinajstić information content (AvgIpc) is 3.04. The number of anilines is 1. The van der Waals surface area contributed by atoms with Crippen LogP contribution >= 0.6 is 22.9 Å². The minimum atomic E-state index is 0.266. The summed E-state index contributed by atoms with van der Waals surface area (Å²) in [6.45, 7) is 6.19. The Hall–Kier alpha value is -1.06. The fourth-order valence-electron chi connectivity index (χ4n) is 3.67. The summed E-state index contributed by atoms with van der Waals surface area (Å²) in [5.41, 5.74) is 0.717. The number of hydrogen-bond acceptors (Lipinski definition) is 8. The molecule has 2 aliphatic rings. The lowest BCUT2D eigenvalue weighted by atomic mass is 10.0. The number of likely N-dealkylation sites (tertiary alicyclic amines) is 1. The number of piperidine rings is 1. The first-order valence-corrected chi connectivity index (χ1v) is 10.3. The molecule has 0 atom stereocenters. The number of rotatable bonds is 4. The van der Waals surface area contributed by atoms with Crippen molar-refractivity contribution < 1.29 is 4.74 Å². The highest BCUT2D eigenvalue weighted by Crippen LogP contribution is 2.32. The van der Waals surface area contributed by atoms with E-state index < -0.39 is 0 Å². The summed E-state index contributed by atoms with van der Waals surface area (Å²) in [4.78, 5) is 20.6. The van der Waals surface area contributed by atoms with E-state index in [0.29, 0.717) is 6.04 Å². The molecule has 0 saturated carbocycles. The van der Waals surface area contributed by atoms with E-state index in [1.165, 1.54) is 12.8 Å². The van der Waals surface area contributed by atoms with Crippen LogP contribution in [0.1, 0.15) is 17.8 Å². The number of morpholine rings is 1. The molecule has 2 saturated heterocycles. The normalized spacial score (nSPS) is 20.4. The SMILES string of the molecule is CN(C)C1CCN(Cc2nc3nc(Cl)nc(N4CCOCC4)c3s2)CC1. The fourth-order valence-corrected chi connectivity index (χ4v) is 4.89. The van der Waals surface area contributed by atoms with E-state index in [1.807, 2.05) is 0 Å². The van der Waals surface area contributed by atoms with E-state index >= 15 is 0 Å². The molecule has 0 amide bonds. The molecule has 0 spiro atoms. The van der Waals surface area contributed by atoms with Gasteiger partial charge in [0.15, 0.2) is 11.5 Å². The van der Waals surface area contributed by atoms with Crippen molar-refractivity contribution in [2.75, 3.05) is 58.4 Å². The number of ether oxygens (including phenoxy) is 1. The van der Waals surface area contributed by atoms with Crippen molar-refractivity contribution in [1.82, 2.24) is 24.8 Å². The Morgan fingerprint density at radius 3 is 2.54 bits per heavy atom. The van der Waals surface area contributed by atoms with Gasteiger partial charge in [-0.05, 0) is 38.5 Å². The van der Waals surface area contributed by atoms with Crippen molar-refractivity contribution in [1.29, 1.82) is 0 Å². The summed E-state index contributed by atoms with van der Waals surface area (Å²) in [7, 11) is 4.34. The summed E-state index contributed by atoms with van der Waals surface area (Å²) in [5.74, 6) is 0.901. The molecule has 7 nitrogen and oxygen atoms in total. The molecule has 26 heavy (non-hydrogen) atoms. The van der Waals surface area contributed by atoms with Crippen LogP contribution in [0.3, 0.4) is 0 Å². The first-order chi connectivity index (χ1) is 12.6. The topological polar surface area (TPSA) is 57.6 Å². The van der Waals surface area contributed by atoms with Crippen molar-refractivity contribution in [3.05, 3.63) is 10.3 Å². The summed E-state index contributed by atoms with van der Waals surface area (Å²) < 4.78 is 6.49. The molecule has 2 aromatic heterocycles. The van der Waals surface area contributed by atoms with Gasteiger partial charge in [-0.15, -0.1) is 11.3 Å². The Morgan fingerprint density at radius 2 is 1.85 bits per heavy atom. The maximum absolute atomic E-state index is 6.16. The molecule has 2 fully saturated rings. The summed E-state index contributed by atoms with van der Waals surface area (Å²) in [6.07, 6.45) is 2.42. The summed E-state index contributed by atoms with van der Waals surface area (Å²) in [5, 5.41) is 1.36. The second-order valence-electron chi connectivity index (χ2n) is 7.15. The predicted octanol–water partition coefficient (Wildman–Crippen LogP) is 2.10. The highest BCUT2D eigenvalue weighted by atomic mass is 35.5. The van der Waals surface area contributed by atoms with Crippen molar-refractivity contribution in [2.45, 2.75) is 25.4 Å². The molecule has 0 radical (unpaired) electrons. The van der Waals surface area contributed by atoms with Crippen LogP contribution in [-0.2, 0) is 11.3 Å².